The molecule has 0 spiro atoms. The fraction of sp³-hybridized carbons (Fsp3) is 0.182. The molecule has 286 valence electrons. The van der Waals surface area contributed by atoms with Gasteiger partial charge in [0.2, 0.25) is 0 Å². The molecule has 4 aliphatic rings. The van der Waals surface area contributed by atoms with Gasteiger partial charge >= 0.3 is 0 Å². The van der Waals surface area contributed by atoms with Crippen molar-refractivity contribution in [2.75, 3.05) is 0 Å². The van der Waals surface area contributed by atoms with Crippen LogP contribution < -0.4 is 0 Å². The van der Waals surface area contributed by atoms with Gasteiger partial charge in [0.25, 0.3) is 0 Å². The molecule has 1 aromatic heterocycles. The monoisotopic (exact) mass is 771 g/mol. The van der Waals surface area contributed by atoms with Crippen LogP contribution in [0.5, 0.6) is 0 Å². The first kappa shape index (κ1) is 35.9. The zero-order valence-corrected chi connectivity index (χ0v) is 33.2. The molecule has 0 aliphatic heterocycles. The maximum atomic E-state index is 7.31. The fourth-order valence-corrected chi connectivity index (χ4v) is 11.0. The molecular weight excluding hydrogens is 731 g/mol. The van der Waals surface area contributed by atoms with Crippen molar-refractivity contribution in [3.05, 3.63) is 186 Å². The minimum Gasteiger partial charge on any atom is -0.238 e. The van der Waals surface area contributed by atoms with Crippen LogP contribution in [0.25, 0.3) is 88.0 Å². The molecule has 12 rings (SSSR count). The van der Waals surface area contributed by atoms with Crippen LogP contribution in [0.4, 0.5) is 11.4 Å². The fourth-order valence-electron chi connectivity index (χ4n) is 11.0. The first-order valence-corrected chi connectivity index (χ1v) is 21.1. The van der Waals surface area contributed by atoms with E-state index in [1.807, 2.05) is 48.5 Å². The predicted molar refractivity (Wildman–Crippen MR) is 242 cm³/mol. The molecule has 8 aromatic rings. The van der Waals surface area contributed by atoms with Crippen molar-refractivity contribution < 1.29 is 0 Å². The molecule has 4 bridgehead atoms. The highest BCUT2D eigenvalue weighted by molar-refractivity contribution is 5.97. The average Bonchev–Trinajstić information content (AvgIpc) is 3.31. The number of hydrogen-bond donors (Lipinski definition) is 0. The molecule has 1 heterocycles. The van der Waals surface area contributed by atoms with Crippen molar-refractivity contribution >= 4 is 22.1 Å². The van der Waals surface area contributed by atoms with E-state index in [-0.39, 0.29) is 0 Å². The molecule has 5 nitrogen and oxygen atoms in total. The Kier molecular flexibility index (Phi) is 8.72. The molecule has 4 fully saturated rings. The van der Waals surface area contributed by atoms with E-state index in [1.165, 1.54) is 49.7 Å². The van der Waals surface area contributed by atoms with Gasteiger partial charge in [-0.05, 0) is 117 Å². The topological polar surface area (TPSA) is 47.4 Å². The largest absolute Gasteiger partial charge is 0.238 e. The number of fused-ring (bicyclic) bond motifs is 1. The second kappa shape index (κ2) is 14.6. The zero-order chi connectivity index (χ0) is 40.2. The highest BCUT2D eigenvalue weighted by Crippen LogP contribution is 2.60. The van der Waals surface area contributed by atoms with E-state index >= 15 is 0 Å². The minimum absolute atomic E-state index is 0.398. The van der Waals surface area contributed by atoms with E-state index in [0.717, 1.165) is 67.5 Å². The van der Waals surface area contributed by atoms with E-state index < -0.39 is 0 Å². The standard InChI is InChI=1S/C55H41N5/c1-56-48-23-16-40(17-24-48)38-6-10-43(11-7-38)52-58-53(44-12-8-39(9-13-44)41-18-25-49(57-2)26-19-41)60-54(59-52)51-5-3-4-46-31-45(20-27-50(46)51)42-14-21-47(22-15-42)55-32-35-28-36(33-55)30-37(29-35)34-55/h3-27,31,35-37H,28-30,32-34H2. The van der Waals surface area contributed by atoms with E-state index in [0.29, 0.717) is 34.3 Å². The molecule has 0 atom stereocenters. The van der Waals surface area contributed by atoms with Crippen molar-refractivity contribution in [3.63, 3.8) is 0 Å². The highest BCUT2D eigenvalue weighted by atomic mass is 15.0. The Bertz CT molecular complexity index is 2830. The molecule has 0 N–H and O–H groups in total. The van der Waals surface area contributed by atoms with Gasteiger partial charge in [-0.3, -0.25) is 0 Å². The summed E-state index contributed by atoms with van der Waals surface area (Å²) in [6, 6.07) is 54.6. The SMILES string of the molecule is [C-]#[N+]c1ccc(-c2ccc(-c3nc(-c4ccc(-c5ccc([N+]#[C-])cc5)cc4)nc(-c4cccc5cc(-c6ccc(C78CC9CC(CC(C9)C7)C8)cc6)ccc45)n3)cc2)cc1. The lowest BCUT2D eigenvalue weighted by atomic mass is 9.48. The third-order valence-electron chi connectivity index (χ3n) is 13.6. The van der Waals surface area contributed by atoms with Crippen molar-refractivity contribution in [2.45, 2.75) is 43.9 Å². The number of aromatic nitrogens is 3. The number of rotatable bonds is 7. The Labute approximate surface area is 351 Å². The smallest absolute Gasteiger partial charge is 0.187 e. The number of hydrogen-bond acceptors (Lipinski definition) is 3. The molecule has 4 saturated carbocycles. The molecule has 5 heteroatoms. The second-order valence-corrected chi connectivity index (χ2v) is 17.3. The van der Waals surface area contributed by atoms with E-state index in [1.54, 1.807) is 5.56 Å². The second-order valence-electron chi connectivity index (χ2n) is 17.3. The van der Waals surface area contributed by atoms with Gasteiger partial charge in [-0.2, -0.15) is 0 Å². The third-order valence-corrected chi connectivity index (χ3v) is 13.6. The highest BCUT2D eigenvalue weighted by Gasteiger charge is 2.51. The normalized spacial score (nSPS) is 20.1. The summed E-state index contributed by atoms with van der Waals surface area (Å²) in [6.07, 6.45) is 8.54. The zero-order valence-electron chi connectivity index (χ0n) is 33.2. The van der Waals surface area contributed by atoms with Gasteiger partial charge in [0.05, 0.1) is 13.1 Å². The molecule has 0 saturated heterocycles. The third kappa shape index (κ3) is 6.54. The van der Waals surface area contributed by atoms with Crippen molar-refractivity contribution in [1.82, 2.24) is 15.0 Å². The summed E-state index contributed by atoms with van der Waals surface area (Å²) in [7, 11) is 0. The van der Waals surface area contributed by atoms with Crippen molar-refractivity contribution in [1.29, 1.82) is 0 Å². The maximum Gasteiger partial charge on any atom is 0.187 e. The first-order valence-electron chi connectivity index (χ1n) is 21.1. The summed E-state index contributed by atoms with van der Waals surface area (Å²) in [5.74, 6) is 4.61. The van der Waals surface area contributed by atoms with Crippen LogP contribution in [0, 0.1) is 30.9 Å². The summed E-state index contributed by atoms with van der Waals surface area (Å²) >= 11 is 0. The first-order chi connectivity index (χ1) is 29.5. The molecule has 0 amide bonds. The summed E-state index contributed by atoms with van der Waals surface area (Å²) in [5.41, 5.74) is 12.6. The lowest BCUT2D eigenvalue weighted by Gasteiger charge is -2.57. The van der Waals surface area contributed by atoms with Gasteiger partial charge < -0.3 is 0 Å². The Morgan fingerprint density at radius 2 is 0.817 bits per heavy atom. The molecule has 0 radical (unpaired) electrons. The molecule has 0 unspecified atom stereocenters. The average molecular weight is 772 g/mol. The minimum atomic E-state index is 0.398. The molecule has 4 aliphatic carbocycles. The van der Waals surface area contributed by atoms with Crippen LogP contribution in [0.2, 0.25) is 0 Å². The Morgan fingerprint density at radius 3 is 1.30 bits per heavy atom. The quantitative estimate of drug-likeness (QED) is 0.152. The van der Waals surface area contributed by atoms with Gasteiger partial charge in [0, 0.05) is 16.7 Å². The molecule has 60 heavy (non-hydrogen) atoms. The Hall–Kier alpha value is -7.21. The number of nitrogens with zero attached hydrogens (tertiary/aromatic N) is 5. The maximum absolute atomic E-state index is 7.31. The van der Waals surface area contributed by atoms with Gasteiger partial charge in [0.1, 0.15) is 0 Å². The van der Waals surface area contributed by atoms with Crippen LogP contribution in [-0.2, 0) is 5.41 Å². The van der Waals surface area contributed by atoms with Crippen LogP contribution in [0.1, 0.15) is 44.1 Å². The Morgan fingerprint density at radius 1 is 0.417 bits per heavy atom. The molecular formula is C55H41N5. The van der Waals surface area contributed by atoms with E-state index in [9.17, 15) is 0 Å². The van der Waals surface area contributed by atoms with E-state index in [4.69, 9.17) is 28.1 Å². The summed E-state index contributed by atoms with van der Waals surface area (Å²) in [5, 5.41) is 2.23. The number of benzene rings is 7. The summed E-state index contributed by atoms with van der Waals surface area (Å²) < 4.78 is 0. The predicted octanol–water partition coefficient (Wildman–Crippen LogP) is 14.6. The Balaban J connectivity index is 0.948. The van der Waals surface area contributed by atoms with Crippen molar-refractivity contribution in [2.24, 2.45) is 17.8 Å². The lowest BCUT2D eigenvalue weighted by Crippen LogP contribution is -2.48. The van der Waals surface area contributed by atoms with Crippen LogP contribution >= 0.6 is 0 Å². The summed E-state index contributed by atoms with van der Waals surface area (Å²) in [6.45, 7) is 14.6. The van der Waals surface area contributed by atoms with Gasteiger partial charge in [-0.15, -0.1) is 0 Å². The van der Waals surface area contributed by atoms with Gasteiger partial charge in [-0.25, -0.2) is 24.6 Å². The molecule has 7 aromatic carbocycles. The van der Waals surface area contributed by atoms with Gasteiger partial charge in [-0.1, -0.05) is 152 Å². The van der Waals surface area contributed by atoms with Crippen LogP contribution in [-0.4, -0.2) is 15.0 Å². The van der Waals surface area contributed by atoms with Crippen LogP contribution in [0.3, 0.4) is 0 Å². The summed E-state index contributed by atoms with van der Waals surface area (Å²) in [4.78, 5) is 22.4. The van der Waals surface area contributed by atoms with Crippen molar-refractivity contribution in [3.8, 4) is 67.5 Å². The van der Waals surface area contributed by atoms with E-state index in [2.05, 4.69) is 119 Å². The van der Waals surface area contributed by atoms with Gasteiger partial charge in [0.15, 0.2) is 28.8 Å². The van der Waals surface area contributed by atoms with Crippen LogP contribution in [0.15, 0.2) is 158 Å². The lowest BCUT2D eigenvalue weighted by molar-refractivity contribution is -0.00518.